The Morgan fingerprint density at radius 3 is 1.80 bits per heavy atom. The Morgan fingerprint density at radius 2 is 1.35 bits per heavy atom. The Morgan fingerprint density at radius 1 is 0.950 bits per heavy atom. The van der Waals surface area contributed by atoms with E-state index >= 15 is 0 Å². The van der Waals surface area contributed by atoms with Crippen molar-refractivity contribution in [3.05, 3.63) is 0 Å². The van der Waals surface area contributed by atoms with Crippen molar-refractivity contribution >= 4 is 23.6 Å². The Labute approximate surface area is 129 Å². The number of carbonyl (C=O) groups excluding carboxylic acids is 4. The molecule has 2 heterocycles. The van der Waals surface area contributed by atoms with E-state index in [0.29, 0.717) is 6.54 Å². The van der Waals surface area contributed by atoms with Crippen molar-refractivity contribution in [1.82, 2.24) is 20.4 Å². The largest absolute Gasteiger partial charge is 1.00 e. The summed E-state index contributed by atoms with van der Waals surface area (Å²) in [6.45, 7) is 2.94. The van der Waals surface area contributed by atoms with Gasteiger partial charge in [-0.1, -0.05) is 0 Å². The molecule has 0 spiro atoms. The molecule has 0 saturated carbocycles. The minimum Gasteiger partial charge on any atom is -1.00 e. The van der Waals surface area contributed by atoms with Crippen molar-refractivity contribution in [2.75, 3.05) is 32.7 Å². The molecule has 0 radical (unpaired) electrons. The summed E-state index contributed by atoms with van der Waals surface area (Å²) in [5.74, 6) is -1.29. The van der Waals surface area contributed by atoms with Gasteiger partial charge in [-0.05, 0) is 6.92 Å². The van der Waals surface area contributed by atoms with Gasteiger partial charge in [-0.25, -0.2) is 0 Å². The summed E-state index contributed by atoms with van der Waals surface area (Å²) in [4.78, 5) is 48.5. The van der Waals surface area contributed by atoms with E-state index in [0.717, 1.165) is 0 Å². The molecule has 4 amide bonds. The van der Waals surface area contributed by atoms with Gasteiger partial charge in [0.1, 0.15) is 0 Å². The normalized spacial score (nSPS) is 22.9. The molecule has 2 N–H and O–H groups in total. The molecule has 1 atom stereocenters. The zero-order valence-corrected chi connectivity index (χ0v) is 11.6. The summed E-state index contributed by atoms with van der Waals surface area (Å²) in [7, 11) is 0. The minimum atomic E-state index is -0.324. The van der Waals surface area contributed by atoms with Gasteiger partial charge >= 0.3 is 18.9 Å². The molecule has 9 heteroatoms. The molecule has 2 saturated heterocycles. The molecule has 106 valence electrons. The van der Waals surface area contributed by atoms with Crippen LogP contribution in [-0.2, 0) is 19.2 Å². The first-order valence-corrected chi connectivity index (χ1v) is 6.06. The number of carbonyl (C=O) groups is 4. The fourth-order valence-electron chi connectivity index (χ4n) is 2.29. The third kappa shape index (κ3) is 4.42. The topological polar surface area (TPSA) is 98.8 Å². The molecular formula is C11H17LiN4O4. The van der Waals surface area contributed by atoms with Crippen LogP contribution in [0.5, 0.6) is 0 Å². The number of imide groups is 2. The molecule has 2 aliphatic rings. The fourth-order valence-corrected chi connectivity index (χ4v) is 2.29. The van der Waals surface area contributed by atoms with Gasteiger partial charge in [-0.2, -0.15) is 0 Å². The number of amides is 4. The van der Waals surface area contributed by atoms with Crippen molar-refractivity contribution < 1.29 is 39.5 Å². The van der Waals surface area contributed by atoms with Crippen molar-refractivity contribution in [2.45, 2.75) is 13.0 Å². The summed E-state index contributed by atoms with van der Waals surface area (Å²) in [5, 5.41) is 4.46. The molecule has 20 heavy (non-hydrogen) atoms. The van der Waals surface area contributed by atoms with Crippen LogP contribution in [0.3, 0.4) is 0 Å². The van der Waals surface area contributed by atoms with Crippen LogP contribution in [0.4, 0.5) is 0 Å². The second-order valence-electron chi connectivity index (χ2n) is 4.87. The Balaban J connectivity index is 0.00000200. The van der Waals surface area contributed by atoms with E-state index in [4.69, 9.17) is 0 Å². The van der Waals surface area contributed by atoms with Crippen LogP contribution in [0, 0.1) is 0 Å². The van der Waals surface area contributed by atoms with Crippen LogP contribution in [-0.4, -0.2) is 72.2 Å². The number of hydrogen-bond acceptors (Lipinski definition) is 6. The van der Waals surface area contributed by atoms with E-state index < -0.39 is 0 Å². The summed E-state index contributed by atoms with van der Waals surface area (Å²) in [5.41, 5.74) is 0. The molecule has 2 aliphatic heterocycles. The average Bonchev–Trinajstić information content (AvgIpc) is 2.25. The molecule has 0 aliphatic carbocycles. The van der Waals surface area contributed by atoms with Crippen LogP contribution < -0.4 is 29.5 Å². The van der Waals surface area contributed by atoms with E-state index in [-0.39, 0.29) is 76.1 Å². The maximum Gasteiger partial charge on any atom is 1.00 e. The van der Waals surface area contributed by atoms with Crippen LogP contribution in [0.15, 0.2) is 0 Å². The molecular weight excluding hydrogens is 259 g/mol. The van der Waals surface area contributed by atoms with Gasteiger partial charge in [0.15, 0.2) is 0 Å². The number of nitrogens with zero attached hydrogens (tertiary/aromatic N) is 2. The molecule has 0 aromatic carbocycles. The van der Waals surface area contributed by atoms with Crippen molar-refractivity contribution in [3.63, 3.8) is 0 Å². The van der Waals surface area contributed by atoms with E-state index in [9.17, 15) is 19.2 Å². The Bertz CT molecular complexity index is 416. The van der Waals surface area contributed by atoms with Gasteiger partial charge in [0.2, 0.25) is 23.6 Å². The van der Waals surface area contributed by atoms with Crippen molar-refractivity contribution in [3.8, 4) is 0 Å². The van der Waals surface area contributed by atoms with E-state index in [2.05, 4.69) is 10.6 Å². The second-order valence-corrected chi connectivity index (χ2v) is 4.87. The molecule has 2 rings (SSSR count). The van der Waals surface area contributed by atoms with Gasteiger partial charge in [-0.3, -0.25) is 39.6 Å². The van der Waals surface area contributed by atoms with Gasteiger partial charge in [0.05, 0.1) is 26.2 Å². The zero-order valence-electron chi connectivity index (χ0n) is 12.6. The SMILES string of the molecule is CC(CN1CC(=O)NC(=O)C1)N1CC(=O)NC(=O)C1.[H-].[Li+]. The smallest absolute Gasteiger partial charge is 1.00 e. The maximum absolute atomic E-state index is 11.3. The monoisotopic (exact) mass is 276 g/mol. The van der Waals surface area contributed by atoms with Gasteiger partial charge in [-0.15, -0.1) is 0 Å². The molecule has 0 aromatic heterocycles. The van der Waals surface area contributed by atoms with E-state index in [1.54, 1.807) is 9.80 Å². The Kier molecular flexibility index (Phi) is 5.89. The van der Waals surface area contributed by atoms with Gasteiger partial charge < -0.3 is 1.43 Å². The minimum absolute atomic E-state index is 0. The third-order valence-electron chi connectivity index (χ3n) is 3.13. The Hall–Kier alpha value is -1.20. The first-order valence-electron chi connectivity index (χ1n) is 6.06. The number of piperazine rings is 2. The van der Waals surface area contributed by atoms with Crippen molar-refractivity contribution in [1.29, 1.82) is 0 Å². The standard InChI is InChI=1S/C11H16N4O4.Li.H/c1-7(15-5-10(18)13-11(19)6-15)2-14-3-8(16)12-9(17)4-14;;/h7H,2-6H2,1H3,(H,12,16,17)(H,13,18,19);;/q;+1;-1. The maximum atomic E-state index is 11.3. The fraction of sp³-hybridized carbons (Fsp3) is 0.636. The average molecular weight is 276 g/mol. The summed E-state index contributed by atoms with van der Waals surface area (Å²) < 4.78 is 0. The second kappa shape index (κ2) is 6.99. The van der Waals surface area contributed by atoms with Gasteiger partial charge in [0, 0.05) is 12.6 Å². The number of nitrogens with one attached hydrogen (secondary N) is 2. The molecule has 0 bridgehead atoms. The predicted octanol–water partition coefficient (Wildman–Crippen LogP) is -5.59. The summed E-state index contributed by atoms with van der Waals surface area (Å²) >= 11 is 0. The zero-order chi connectivity index (χ0) is 14.0. The summed E-state index contributed by atoms with van der Waals surface area (Å²) in [6.07, 6.45) is 0. The van der Waals surface area contributed by atoms with Crippen LogP contribution in [0.25, 0.3) is 0 Å². The first-order chi connectivity index (χ1) is 8.94. The molecule has 2 fully saturated rings. The molecule has 0 aromatic rings. The van der Waals surface area contributed by atoms with Crippen LogP contribution >= 0.6 is 0 Å². The van der Waals surface area contributed by atoms with Crippen molar-refractivity contribution in [2.24, 2.45) is 0 Å². The number of hydrogen-bond donors (Lipinski definition) is 2. The van der Waals surface area contributed by atoms with Crippen LogP contribution in [0.2, 0.25) is 0 Å². The molecule has 8 nitrogen and oxygen atoms in total. The van der Waals surface area contributed by atoms with E-state index in [1.807, 2.05) is 6.92 Å². The molecule has 1 unspecified atom stereocenters. The van der Waals surface area contributed by atoms with E-state index in [1.165, 1.54) is 0 Å². The third-order valence-corrected chi connectivity index (χ3v) is 3.13. The quantitative estimate of drug-likeness (QED) is 0.394. The summed E-state index contributed by atoms with van der Waals surface area (Å²) in [6, 6.07) is -0.0892. The van der Waals surface area contributed by atoms with Gasteiger partial charge in [0.25, 0.3) is 0 Å². The number of rotatable bonds is 3. The van der Waals surface area contributed by atoms with Crippen LogP contribution in [0.1, 0.15) is 8.35 Å². The predicted molar refractivity (Wildman–Crippen MR) is 64.9 cm³/mol. The first kappa shape index (κ1) is 16.9.